The van der Waals surface area contributed by atoms with Crippen molar-refractivity contribution in [2.24, 2.45) is 0 Å². The van der Waals surface area contributed by atoms with Crippen molar-refractivity contribution in [3.63, 3.8) is 0 Å². The molecule has 0 radical (unpaired) electrons. The van der Waals surface area contributed by atoms with E-state index in [4.69, 9.17) is 0 Å². The van der Waals surface area contributed by atoms with E-state index in [1.807, 2.05) is 25.3 Å². The van der Waals surface area contributed by atoms with Crippen LogP contribution in [0.1, 0.15) is 39.2 Å². The summed E-state index contributed by atoms with van der Waals surface area (Å²) in [5.74, 6) is -0.103. The summed E-state index contributed by atoms with van der Waals surface area (Å²) in [7, 11) is 0. The normalized spacial score (nSPS) is 11.5. The van der Waals surface area contributed by atoms with Crippen LogP contribution in [0.15, 0.2) is 11.4 Å². The molecule has 15 heavy (non-hydrogen) atoms. The monoisotopic (exact) mass is 227 g/mol. The number of rotatable bonds is 4. The van der Waals surface area contributed by atoms with Crippen LogP contribution >= 0.6 is 11.3 Å². The van der Waals surface area contributed by atoms with Crippen molar-refractivity contribution in [1.82, 2.24) is 0 Å². The molecule has 0 atom stereocenters. The summed E-state index contributed by atoms with van der Waals surface area (Å²) in [6.07, 6.45) is 1.29. The molecule has 0 aromatic carbocycles. The van der Waals surface area contributed by atoms with Gasteiger partial charge in [0.15, 0.2) is 0 Å². The van der Waals surface area contributed by atoms with Gasteiger partial charge in [-0.05, 0) is 24.3 Å². The first-order valence-corrected chi connectivity index (χ1v) is 5.99. The predicted molar refractivity (Wildman–Crippen MR) is 63.1 cm³/mol. The summed E-state index contributed by atoms with van der Waals surface area (Å²) in [4.78, 5) is 11.0. The Morgan fingerprint density at radius 2 is 2.13 bits per heavy atom. The Morgan fingerprint density at radius 1 is 1.53 bits per heavy atom. The molecule has 1 amide bonds. The number of nitrogens with one attached hydrogen (secondary N) is 1. The first kappa shape index (κ1) is 12.2. The first-order valence-electron chi connectivity index (χ1n) is 5.11. The van der Waals surface area contributed by atoms with E-state index in [0.717, 1.165) is 10.6 Å². The summed E-state index contributed by atoms with van der Waals surface area (Å²) in [5.41, 5.74) is 0.00493. The third-order valence-corrected chi connectivity index (χ3v) is 3.46. The highest BCUT2D eigenvalue weighted by Gasteiger charge is 2.28. The van der Waals surface area contributed by atoms with E-state index in [-0.39, 0.29) is 5.91 Å². The van der Waals surface area contributed by atoms with Crippen molar-refractivity contribution in [2.75, 3.05) is 5.32 Å². The molecule has 0 saturated carbocycles. The van der Waals surface area contributed by atoms with Gasteiger partial charge in [-0.25, -0.2) is 0 Å². The van der Waals surface area contributed by atoms with E-state index < -0.39 is 5.60 Å². The topological polar surface area (TPSA) is 49.3 Å². The zero-order chi connectivity index (χ0) is 11.5. The van der Waals surface area contributed by atoms with Crippen LogP contribution in [-0.2, 0) is 10.4 Å². The van der Waals surface area contributed by atoms with Crippen molar-refractivity contribution >= 4 is 22.2 Å². The molecule has 2 N–H and O–H groups in total. The Kier molecular flexibility index (Phi) is 3.88. The van der Waals surface area contributed by atoms with Gasteiger partial charge in [-0.1, -0.05) is 13.8 Å². The van der Waals surface area contributed by atoms with E-state index >= 15 is 0 Å². The minimum Gasteiger partial charge on any atom is -0.385 e. The van der Waals surface area contributed by atoms with Gasteiger partial charge in [-0.15, -0.1) is 11.3 Å². The zero-order valence-corrected chi connectivity index (χ0v) is 10.1. The van der Waals surface area contributed by atoms with Gasteiger partial charge in [0, 0.05) is 12.5 Å². The average molecular weight is 227 g/mol. The number of hydrogen-bond donors (Lipinski definition) is 2. The third kappa shape index (κ3) is 2.58. The van der Waals surface area contributed by atoms with Crippen molar-refractivity contribution in [1.29, 1.82) is 0 Å². The summed E-state index contributed by atoms with van der Waals surface area (Å²) in [6, 6.07) is 1.88. The standard InChI is InChI=1S/C11H17NO2S/c1-4-11(14,5-2)9-6-7-15-10(9)12-8(3)13/h6-7,14H,4-5H2,1-3H3,(H,12,13). The van der Waals surface area contributed by atoms with Gasteiger partial charge in [0.05, 0.1) is 5.60 Å². The molecule has 1 aromatic rings. The number of aliphatic hydroxyl groups is 1. The maximum atomic E-state index is 11.0. The highest BCUT2D eigenvalue weighted by atomic mass is 32.1. The predicted octanol–water partition coefficient (Wildman–Crippen LogP) is 2.71. The summed E-state index contributed by atoms with van der Waals surface area (Å²) >= 11 is 1.44. The number of thiophene rings is 1. The van der Waals surface area contributed by atoms with Crippen molar-refractivity contribution < 1.29 is 9.90 Å². The average Bonchev–Trinajstić information content (AvgIpc) is 2.64. The molecule has 0 aliphatic heterocycles. The Balaban J connectivity index is 3.03. The molecule has 0 fully saturated rings. The maximum Gasteiger partial charge on any atom is 0.221 e. The van der Waals surface area contributed by atoms with Gasteiger partial charge >= 0.3 is 0 Å². The van der Waals surface area contributed by atoms with Crippen LogP contribution < -0.4 is 5.32 Å². The summed E-state index contributed by atoms with van der Waals surface area (Å²) in [6.45, 7) is 5.36. The van der Waals surface area contributed by atoms with Gasteiger partial charge in [0.2, 0.25) is 5.91 Å². The molecule has 3 nitrogen and oxygen atoms in total. The van der Waals surface area contributed by atoms with E-state index in [1.165, 1.54) is 18.3 Å². The lowest BCUT2D eigenvalue weighted by molar-refractivity contribution is -0.114. The highest BCUT2D eigenvalue weighted by molar-refractivity contribution is 7.14. The molecule has 0 aliphatic carbocycles. The Hall–Kier alpha value is -0.870. The molecule has 1 aromatic heterocycles. The lowest BCUT2D eigenvalue weighted by Crippen LogP contribution is -2.24. The molecule has 4 heteroatoms. The van der Waals surface area contributed by atoms with E-state index in [0.29, 0.717) is 12.8 Å². The fourth-order valence-electron chi connectivity index (χ4n) is 1.56. The molecule has 84 valence electrons. The van der Waals surface area contributed by atoms with Crippen LogP contribution in [-0.4, -0.2) is 11.0 Å². The second-order valence-electron chi connectivity index (χ2n) is 3.58. The Labute approximate surface area is 94.1 Å². The fraction of sp³-hybridized carbons (Fsp3) is 0.545. The second kappa shape index (κ2) is 4.77. The van der Waals surface area contributed by atoms with Crippen LogP contribution in [0.25, 0.3) is 0 Å². The lowest BCUT2D eigenvalue weighted by Gasteiger charge is -2.25. The molecule has 1 heterocycles. The SMILES string of the molecule is CCC(O)(CC)c1ccsc1NC(C)=O. The van der Waals surface area contributed by atoms with Crippen LogP contribution in [0, 0.1) is 0 Å². The largest absolute Gasteiger partial charge is 0.385 e. The number of carbonyl (C=O) groups excluding carboxylic acids is 1. The van der Waals surface area contributed by atoms with Crippen LogP contribution in [0.2, 0.25) is 0 Å². The minimum atomic E-state index is -0.822. The third-order valence-electron chi connectivity index (χ3n) is 2.63. The molecular weight excluding hydrogens is 210 g/mol. The number of carbonyl (C=O) groups is 1. The van der Waals surface area contributed by atoms with Gasteiger partial charge in [-0.3, -0.25) is 4.79 Å². The van der Waals surface area contributed by atoms with Crippen LogP contribution in [0.5, 0.6) is 0 Å². The lowest BCUT2D eigenvalue weighted by atomic mass is 9.90. The van der Waals surface area contributed by atoms with Gasteiger partial charge < -0.3 is 10.4 Å². The van der Waals surface area contributed by atoms with Gasteiger partial charge in [-0.2, -0.15) is 0 Å². The van der Waals surface area contributed by atoms with Crippen molar-refractivity contribution in [3.05, 3.63) is 17.0 Å². The molecular formula is C11H17NO2S. The fourth-order valence-corrected chi connectivity index (χ4v) is 2.49. The molecule has 1 rings (SSSR count). The summed E-state index contributed by atoms with van der Waals surface area (Å²) in [5, 5.41) is 15.7. The molecule has 0 bridgehead atoms. The molecule has 0 aliphatic rings. The first-order chi connectivity index (χ1) is 7.03. The zero-order valence-electron chi connectivity index (χ0n) is 9.33. The van der Waals surface area contributed by atoms with Crippen LogP contribution in [0.3, 0.4) is 0 Å². The van der Waals surface area contributed by atoms with E-state index in [1.54, 1.807) is 0 Å². The molecule has 0 unspecified atom stereocenters. The highest BCUT2D eigenvalue weighted by Crippen LogP contribution is 2.37. The minimum absolute atomic E-state index is 0.103. The van der Waals surface area contributed by atoms with Gasteiger partial charge in [0.1, 0.15) is 5.00 Å². The maximum absolute atomic E-state index is 11.0. The Morgan fingerprint density at radius 3 is 2.60 bits per heavy atom. The summed E-state index contributed by atoms with van der Waals surface area (Å²) < 4.78 is 0. The molecule has 0 spiro atoms. The smallest absolute Gasteiger partial charge is 0.221 e. The van der Waals surface area contributed by atoms with Crippen molar-refractivity contribution in [2.45, 2.75) is 39.2 Å². The molecule has 0 saturated heterocycles. The second-order valence-corrected chi connectivity index (χ2v) is 4.50. The number of anilines is 1. The van der Waals surface area contributed by atoms with Gasteiger partial charge in [0.25, 0.3) is 0 Å². The Bertz CT molecular complexity index is 342. The van der Waals surface area contributed by atoms with Crippen LogP contribution in [0.4, 0.5) is 5.00 Å². The number of hydrogen-bond acceptors (Lipinski definition) is 3. The van der Waals surface area contributed by atoms with E-state index in [2.05, 4.69) is 5.32 Å². The quantitative estimate of drug-likeness (QED) is 0.831. The van der Waals surface area contributed by atoms with Crippen molar-refractivity contribution in [3.8, 4) is 0 Å². The number of amides is 1. The van der Waals surface area contributed by atoms with E-state index in [9.17, 15) is 9.90 Å².